The molecule has 196 valence electrons. The summed E-state index contributed by atoms with van der Waals surface area (Å²) in [5.41, 5.74) is 5.90. The first kappa shape index (κ1) is 25.9. The van der Waals surface area contributed by atoms with Crippen LogP contribution in [0.25, 0.3) is 34.3 Å². The van der Waals surface area contributed by atoms with Gasteiger partial charge in [-0.2, -0.15) is 5.10 Å². The second-order valence-electron chi connectivity index (χ2n) is 9.70. The fraction of sp³-hybridized carbons (Fsp3) is 0.310. The number of carbonyl (C=O) groups is 1. The summed E-state index contributed by atoms with van der Waals surface area (Å²) in [7, 11) is 0. The van der Waals surface area contributed by atoms with Crippen molar-refractivity contribution >= 4 is 47.2 Å². The van der Waals surface area contributed by atoms with Crippen molar-refractivity contribution in [2.45, 2.75) is 25.3 Å². The Balaban J connectivity index is 0.00000294. The van der Waals surface area contributed by atoms with E-state index < -0.39 is 0 Å². The van der Waals surface area contributed by atoms with Crippen LogP contribution in [0.3, 0.4) is 0 Å². The topological polar surface area (TPSA) is 90.0 Å². The van der Waals surface area contributed by atoms with Crippen LogP contribution >= 0.6 is 12.4 Å². The maximum Gasteiger partial charge on any atom is 0.224 e. The molecule has 3 aromatic heterocycles. The molecule has 2 aliphatic heterocycles. The molecule has 0 radical (unpaired) electrons. The summed E-state index contributed by atoms with van der Waals surface area (Å²) < 4.78 is 0. The molecular weight excluding hydrogens is 498 g/mol. The SMILES string of the molecule is Cl.O=C(CC1CCCN1)N1CCN(c2c(-c3ccccc3)cnc3[nH]nc(/C=C/c4cccnc4)c23)CC1. The monoisotopic (exact) mass is 529 g/mol. The molecule has 2 fully saturated rings. The molecule has 2 N–H and O–H groups in total. The van der Waals surface area contributed by atoms with Crippen LogP contribution < -0.4 is 10.2 Å². The molecule has 1 unspecified atom stereocenters. The van der Waals surface area contributed by atoms with Crippen LogP contribution in [-0.4, -0.2) is 69.7 Å². The number of pyridine rings is 2. The molecular formula is C29H32ClN7O. The quantitative estimate of drug-likeness (QED) is 0.385. The Labute approximate surface area is 228 Å². The van der Waals surface area contributed by atoms with Crippen molar-refractivity contribution in [3.8, 4) is 11.1 Å². The van der Waals surface area contributed by atoms with Crippen molar-refractivity contribution in [1.29, 1.82) is 0 Å². The van der Waals surface area contributed by atoms with E-state index in [-0.39, 0.29) is 18.3 Å². The summed E-state index contributed by atoms with van der Waals surface area (Å²) in [5, 5.41) is 12.2. The Morgan fingerprint density at radius 1 is 1.03 bits per heavy atom. The van der Waals surface area contributed by atoms with Gasteiger partial charge in [0.05, 0.1) is 16.8 Å². The number of aromatic amines is 1. The van der Waals surface area contributed by atoms with Gasteiger partial charge in [-0.15, -0.1) is 12.4 Å². The Bertz CT molecular complexity index is 1390. The van der Waals surface area contributed by atoms with E-state index in [9.17, 15) is 4.79 Å². The number of fused-ring (bicyclic) bond motifs is 1. The van der Waals surface area contributed by atoms with Gasteiger partial charge in [-0.3, -0.25) is 14.9 Å². The first-order chi connectivity index (χ1) is 18.3. The molecule has 4 aromatic rings. The standard InChI is InChI=1S/C29H31N7O.ClH/c37-26(18-23-9-5-13-31-23)35-14-16-36(17-15-35)28-24(22-7-2-1-3-8-22)20-32-29-27(28)25(33-34-29)11-10-21-6-4-12-30-19-21;/h1-4,6-8,10-12,19-20,23,31H,5,9,13-18H2,(H,32,33,34);1H/b11-10+;. The van der Waals surface area contributed by atoms with E-state index in [1.807, 2.05) is 47.6 Å². The molecule has 9 heteroatoms. The number of carbonyl (C=O) groups excluding carboxylic acids is 1. The largest absolute Gasteiger partial charge is 0.367 e. The van der Waals surface area contributed by atoms with E-state index in [4.69, 9.17) is 4.98 Å². The van der Waals surface area contributed by atoms with Crippen molar-refractivity contribution in [1.82, 2.24) is 30.4 Å². The zero-order chi connectivity index (χ0) is 25.0. The van der Waals surface area contributed by atoms with E-state index in [1.54, 1.807) is 6.20 Å². The first-order valence-electron chi connectivity index (χ1n) is 13.0. The molecule has 2 aliphatic rings. The molecule has 0 spiro atoms. The minimum Gasteiger partial charge on any atom is -0.367 e. The molecule has 0 saturated carbocycles. The highest BCUT2D eigenvalue weighted by molar-refractivity contribution is 6.03. The number of nitrogens with zero attached hydrogens (tertiary/aromatic N) is 5. The molecule has 0 aliphatic carbocycles. The molecule has 6 rings (SSSR count). The first-order valence-corrected chi connectivity index (χ1v) is 13.0. The van der Waals surface area contributed by atoms with Crippen LogP contribution in [0.4, 0.5) is 5.69 Å². The Morgan fingerprint density at radius 3 is 2.61 bits per heavy atom. The predicted octanol–water partition coefficient (Wildman–Crippen LogP) is 4.40. The second-order valence-corrected chi connectivity index (χ2v) is 9.70. The van der Waals surface area contributed by atoms with E-state index in [0.717, 1.165) is 71.6 Å². The van der Waals surface area contributed by atoms with Gasteiger partial charge in [0.2, 0.25) is 5.91 Å². The van der Waals surface area contributed by atoms with Crippen LogP contribution in [0.5, 0.6) is 0 Å². The molecule has 1 atom stereocenters. The van der Waals surface area contributed by atoms with Gasteiger partial charge in [-0.25, -0.2) is 4.98 Å². The number of piperazine rings is 1. The molecule has 2 saturated heterocycles. The van der Waals surface area contributed by atoms with Gasteiger partial charge in [0.15, 0.2) is 5.65 Å². The molecule has 8 nitrogen and oxygen atoms in total. The Kier molecular flexibility index (Phi) is 8.00. The van der Waals surface area contributed by atoms with Gasteiger partial charge in [-0.05, 0) is 42.7 Å². The van der Waals surface area contributed by atoms with Crippen LogP contribution in [0.15, 0.2) is 61.1 Å². The molecule has 38 heavy (non-hydrogen) atoms. The number of aromatic nitrogens is 4. The van der Waals surface area contributed by atoms with Gasteiger partial charge >= 0.3 is 0 Å². The third-order valence-electron chi connectivity index (χ3n) is 7.32. The number of hydrogen-bond donors (Lipinski definition) is 2. The van der Waals surface area contributed by atoms with Crippen molar-refractivity contribution in [2.75, 3.05) is 37.6 Å². The average molecular weight is 530 g/mol. The van der Waals surface area contributed by atoms with Gasteiger partial charge in [0, 0.05) is 62.8 Å². The highest BCUT2D eigenvalue weighted by Gasteiger charge is 2.28. The Hall–Kier alpha value is -3.75. The van der Waals surface area contributed by atoms with Crippen LogP contribution in [0.2, 0.25) is 0 Å². The van der Waals surface area contributed by atoms with Crippen LogP contribution in [0, 0.1) is 0 Å². The lowest BCUT2D eigenvalue weighted by atomic mass is 10.0. The zero-order valence-corrected chi connectivity index (χ0v) is 22.0. The number of hydrogen-bond acceptors (Lipinski definition) is 6. The van der Waals surface area contributed by atoms with Crippen molar-refractivity contribution in [3.05, 3.63) is 72.3 Å². The summed E-state index contributed by atoms with van der Waals surface area (Å²) >= 11 is 0. The maximum absolute atomic E-state index is 13.0. The third kappa shape index (κ3) is 5.42. The average Bonchev–Trinajstić information content (AvgIpc) is 3.62. The maximum atomic E-state index is 13.0. The lowest BCUT2D eigenvalue weighted by molar-refractivity contribution is -0.131. The molecule has 1 aromatic carbocycles. The smallest absolute Gasteiger partial charge is 0.224 e. The third-order valence-corrected chi connectivity index (χ3v) is 7.32. The molecule has 0 bridgehead atoms. The zero-order valence-electron chi connectivity index (χ0n) is 21.2. The van der Waals surface area contributed by atoms with Crippen LogP contribution in [-0.2, 0) is 4.79 Å². The summed E-state index contributed by atoms with van der Waals surface area (Å²) in [5.74, 6) is 0.255. The fourth-order valence-corrected chi connectivity index (χ4v) is 5.38. The van der Waals surface area contributed by atoms with Crippen molar-refractivity contribution in [2.24, 2.45) is 0 Å². The molecule has 1 amide bonds. The van der Waals surface area contributed by atoms with Gasteiger partial charge < -0.3 is 15.1 Å². The highest BCUT2D eigenvalue weighted by atomic mass is 35.5. The highest BCUT2D eigenvalue weighted by Crippen LogP contribution is 2.38. The summed E-state index contributed by atoms with van der Waals surface area (Å²) in [6.45, 7) is 3.97. The minimum absolute atomic E-state index is 0. The number of H-pyrrole nitrogens is 1. The number of halogens is 1. The van der Waals surface area contributed by atoms with Gasteiger partial charge in [0.25, 0.3) is 0 Å². The fourth-order valence-electron chi connectivity index (χ4n) is 5.38. The van der Waals surface area contributed by atoms with Crippen LogP contribution in [0.1, 0.15) is 30.5 Å². The normalized spacial score (nSPS) is 17.7. The van der Waals surface area contributed by atoms with Crippen molar-refractivity contribution in [3.63, 3.8) is 0 Å². The van der Waals surface area contributed by atoms with E-state index >= 15 is 0 Å². The van der Waals surface area contributed by atoms with Gasteiger partial charge in [0.1, 0.15) is 0 Å². The van der Waals surface area contributed by atoms with E-state index in [1.165, 1.54) is 0 Å². The summed E-state index contributed by atoms with van der Waals surface area (Å²) in [6, 6.07) is 14.6. The minimum atomic E-state index is 0. The van der Waals surface area contributed by atoms with Gasteiger partial charge in [-0.1, -0.05) is 42.5 Å². The summed E-state index contributed by atoms with van der Waals surface area (Å²) in [4.78, 5) is 26.3. The number of amides is 1. The number of benzene rings is 1. The lowest BCUT2D eigenvalue weighted by Crippen LogP contribution is -2.50. The Morgan fingerprint density at radius 2 is 1.87 bits per heavy atom. The van der Waals surface area contributed by atoms with E-state index in [2.05, 4.69) is 49.7 Å². The van der Waals surface area contributed by atoms with Crippen molar-refractivity contribution < 1.29 is 4.79 Å². The second kappa shape index (κ2) is 11.8. The molecule has 5 heterocycles. The van der Waals surface area contributed by atoms with E-state index in [0.29, 0.717) is 25.6 Å². The number of anilines is 1. The number of rotatable bonds is 6. The predicted molar refractivity (Wildman–Crippen MR) is 154 cm³/mol. The number of nitrogens with one attached hydrogen (secondary N) is 2. The lowest BCUT2D eigenvalue weighted by Gasteiger charge is -2.37. The summed E-state index contributed by atoms with van der Waals surface area (Å²) in [6.07, 6.45) is 12.4.